The molecule has 0 aromatic heterocycles. The molecule has 0 fully saturated rings. The van der Waals surface area contributed by atoms with Crippen LogP contribution in [0, 0.1) is 0 Å². The van der Waals surface area contributed by atoms with Gasteiger partial charge >= 0.3 is 17.1 Å². The molecule has 57 valence electrons. The summed E-state index contributed by atoms with van der Waals surface area (Å²) in [7, 11) is 0. The van der Waals surface area contributed by atoms with Gasteiger partial charge in [0.05, 0.1) is 0 Å². The molecule has 0 aromatic carbocycles. The molecule has 0 spiro atoms. The molecule has 0 aliphatic carbocycles. The summed E-state index contributed by atoms with van der Waals surface area (Å²) in [6.07, 6.45) is 1.53. The summed E-state index contributed by atoms with van der Waals surface area (Å²) in [6, 6.07) is 0. The maximum absolute atomic E-state index is 9.30. The van der Waals surface area contributed by atoms with Gasteiger partial charge in [-0.25, -0.2) is 0 Å². The minimum Gasteiger partial charge on any atom is -0.854 e. The summed E-state index contributed by atoms with van der Waals surface area (Å²) in [5.74, 6) is 0. The van der Waals surface area contributed by atoms with Crippen LogP contribution >= 0.6 is 0 Å². The van der Waals surface area contributed by atoms with Gasteiger partial charge in [-0.15, -0.1) is 13.2 Å². The van der Waals surface area contributed by atoms with Crippen molar-refractivity contribution in [1.82, 2.24) is 0 Å². The predicted octanol–water partition coefficient (Wildman–Crippen LogP) is -0.489. The van der Waals surface area contributed by atoms with Crippen LogP contribution < -0.4 is 10.2 Å². The first-order chi connectivity index (χ1) is 3.83. The molecular formula is C6H14MnO2. The van der Waals surface area contributed by atoms with Gasteiger partial charge in [0.1, 0.15) is 0 Å². The van der Waals surface area contributed by atoms with E-state index in [1.54, 1.807) is 0 Å². The van der Waals surface area contributed by atoms with Crippen LogP contribution in [0.4, 0.5) is 0 Å². The standard InChI is InChI=1S/2C3H7O.Mn/c2*1-2-3-4;/h2*2-3H2,1H3;/q2*-1;+2. The fourth-order valence-corrected chi connectivity index (χ4v) is 0. The molecule has 0 unspecified atom stereocenters. The van der Waals surface area contributed by atoms with E-state index in [1.807, 2.05) is 13.8 Å². The SMILES string of the molecule is CCC[O-].CCC[O-].[Mn+2]. The zero-order valence-electron chi connectivity index (χ0n) is 6.02. The van der Waals surface area contributed by atoms with E-state index in [2.05, 4.69) is 0 Å². The van der Waals surface area contributed by atoms with E-state index in [9.17, 15) is 10.2 Å². The first-order valence-electron chi connectivity index (χ1n) is 2.99. The van der Waals surface area contributed by atoms with E-state index in [1.165, 1.54) is 0 Å². The Balaban J connectivity index is -0.0000000720. The Morgan fingerprint density at radius 1 is 0.889 bits per heavy atom. The minimum absolute atomic E-state index is 0. The second-order valence-corrected chi connectivity index (χ2v) is 1.41. The van der Waals surface area contributed by atoms with Crippen molar-refractivity contribution >= 4 is 0 Å². The summed E-state index contributed by atoms with van der Waals surface area (Å²) in [5.41, 5.74) is 0. The molecule has 2 nitrogen and oxygen atoms in total. The summed E-state index contributed by atoms with van der Waals surface area (Å²) in [5, 5.41) is 18.6. The van der Waals surface area contributed by atoms with Crippen LogP contribution in [0.25, 0.3) is 0 Å². The maximum Gasteiger partial charge on any atom is 2.00 e. The van der Waals surface area contributed by atoms with Crippen LogP contribution in [-0.4, -0.2) is 13.2 Å². The topological polar surface area (TPSA) is 46.1 Å². The summed E-state index contributed by atoms with van der Waals surface area (Å²) in [6.45, 7) is 3.88. The smallest absolute Gasteiger partial charge is 0.854 e. The van der Waals surface area contributed by atoms with Crippen LogP contribution in [0.2, 0.25) is 0 Å². The first-order valence-corrected chi connectivity index (χ1v) is 2.99. The van der Waals surface area contributed by atoms with Crippen LogP contribution in [0.15, 0.2) is 0 Å². The van der Waals surface area contributed by atoms with E-state index in [4.69, 9.17) is 0 Å². The number of hydrogen-bond acceptors (Lipinski definition) is 2. The first kappa shape index (κ1) is 16.2. The van der Waals surface area contributed by atoms with Crippen molar-refractivity contribution < 1.29 is 27.3 Å². The van der Waals surface area contributed by atoms with Gasteiger partial charge in [-0.2, -0.15) is 0 Å². The summed E-state index contributed by atoms with van der Waals surface area (Å²) in [4.78, 5) is 0. The maximum atomic E-state index is 9.30. The Kier molecular flexibility index (Phi) is 42.7. The van der Waals surface area contributed by atoms with Crippen LogP contribution in [0.3, 0.4) is 0 Å². The fourth-order valence-electron chi connectivity index (χ4n) is 0. The Morgan fingerprint density at radius 2 is 1.00 bits per heavy atom. The molecule has 0 amide bonds. The average molecular weight is 173 g/mol. The van der Waals surface area contributed by atoms with Crippen molar-refractivity contribution in [1.29, 1.82) is 0 Å². The zero-order valence-corrected chi connectivity index (χ0v) is 7.20. The van der Waals surface area contributed by atoms with Crippen molar-refractivity contribution in [3.05, 3.63) is 0 Å². The molecular weight excluding hydrogens is 159 g/mol. The number of hydrogen-bond donors (Lipinski definition) is 0. The van der Waals surface area contributed by atoms with Gasteiger partial charge in [0.15, 0.2) is 0 Å². The predicted molar refractivity (Wildman–Crippen MR) is 30.3 cm³/mol. The molecule has 0 saturated carbocycles. The van der Waals surface area contributed by atoms with Gasteiger partial charge in [0, 0.05) is 0 Å². The third-order valence-corrected chi connectivity index (χ3v) is 0.408. The van der Waals surface area contributed by atoms with Gasteiger partial charge in [0.25, 0.3) is 0 Å². The quantitative estimate of drug-likeness (QED) is 0.529. The molecule has 0 heterocycles. The van der Waals surface area contributed by atoms with Gasteiger partial charge in [-0.3, -0.25) is 0 Å². The van der Waals surface area contributed by atoms with Crippen LogP contribution in [0.1, 0.15) is 26.7 Å². The second kappa shape index (κ2) is 23.7. The Labute approximate surface area is 67.8 Å². The van der Waals surface area contributed by atoms with Gasteiger partial charge in [-0.05, 0) is 0 Å². The molecule has 9 heavy (non-hydrogen) atoms. The zero-order chi connectivity index (χ0) is 6.83. The molecule has 3 heteroatoms. The van der Waals surface area contributed by atoms with E-state index in [0.29, 0.717) is 0 Å². The monoisotopic (exact) mass is 173 g/mol. The normalized spacial score (nSPS) is 6.67. The van der Waals surface area contributed by atoms with Crippen molar-refractivity contribution in [2.45, 2.75) is 26.7 Å². The molecule has 0 rings (SSSR count). The van der Waals surface area contributed by atoms with Gasteiger partial charge < -0.3 is 10.2 Å². The minimum atomic E-state index is 0. The molecule has 0 N–H and O–H groups in total. The summed E-state index contributed by atoms with van der Waals surface area (Å²) >= 11 is 0. The van der Waals surface area contributed by atoms with Crippen LogP contribution in [-0.2, 0) is 17.1 Å². The Morgan fingerprint density at radius 3 is 1.00 bits per heavy atom. The molecule has 0 saturated heterocycles. The molecule has 0 bridgehead atoms. The van der Waals surface area contributed by atoms with Crippen molar-refractivity contribution in [3.63, 3.8) is 0 Å². The van der Waals surface area contributed by atoms with E-state index in [-0.39, 0.29) is 30.3 Å². The van der Waals surface area contributed by atoms with E-state index < -0.39 is 0 Å². The van der Waals surface area contributed by atoms with Crippen molar-refractivity contribution in [2.75, 3.05) is 13.2 Å². The Bertz CT molecular complexity index is 19.0. The molecule has 0 aliphatic rings. The molecule has 0 aromatic rings. The van der Waals surface area contributed by atoms with Gasteiger partial charge in [-0.1, -0.05) is 26.7 Å². The molecule has 1 radical (unpaired) electrons. The second-order valence-electron chi connectivity index (χ2n) is 1.41. The van der Waals surface area contributed by atoms with E-state index in [0.717, 1.165) is 12.8 Å². The molecule has 0 aliphatic heterocycles. The van der Waals surface area contributed by atoms with Crippen LogP contribution in [0.5, 0.6) is 0 Å². The molecule has 0 atom stereocenters. The largest absolute Gasteiger partial charge is 2.00 e. The number of rotatable bonds is 2. The third-order valence-electron chi connectivity index (χ3n) is 0.408. The van der Waals surface area contributed by atoms with Crippen molar-refractivity contribution in [2.24, 2.45) is 0 Å². The average Bonchev–Trinajstić information content (AvgIpc) is 1.88. The Hall–Kier alpha value is 0.439. The fraction of sp³-hybridized carbons (Fsp3) is 1.00. The van der Waals surface area contributed by atoms with Gasteiger partial charge in [0.2, 0.25) is 0 Å². The van der Waals surface area contributed by atoms with Crippen molar-refractivity contribution in [3.8, 4) is 0 Å². The summed E-state index contributed by atoms with van der Waals surface area (Å²) < 4.78 is 0. The third kappa shape index (κ3) is 58.8. The van der Waals surface area contributed by atoms with E-state index >= 15 is 0 Å².